The predicted molar refractivity (Wildman–Crippen MR) is 91.9 cm³/mol. The van der Waals surface area contributed by atoms with Gasteiger partial charge in [0.25, 0.3) is 5.91 Å². The number of amides is 3. The lowest BCUT2D eigenvalue weighted by molar-refractivity contribution is 0.0759. The fourth-order valence-corrected chi connectivity index (χ4v) is 3.05. The van der Waals surface area contributed by atoms with Crippen molar-refractivity contribution in [2.45, 2.75) is 33.6 Å². The van der Waals surface area contributed by atoms with E-state index in [1.54, 1.807) is 6.92 Å². The highest BCUT2D eigenvalue weighted by atomic mass is 16.4. The van der Waals surface area contributed by atoms with E-state index >= 15 is 0 Å². The normalized spacial score (nSPS) is 16.3. The summed E-state index contributed by atoms with van der Waals surface area (Å²) in [7, 11) is 0. The van der Waals surface area contributed by atoms with Crippen molar-refractivity contribution in [1.29, 1.82) is 10.5 Å². The van der Waals surface area contributed by atoms with Gasteiger partial charge in [-0.3, -0.25) is 4.79 Å². The van der Waals surface area contributed by atoms with Gasteiger partial charge in [-0.25, -0.2) is 10.2 Å². The summed E-state index contributed by atoms with van der Waals surface area (Å²) in [4.78, 5) is 24.8. The number of nitrogens with two attached hydrogens (primary N) is 1. The van der Waals surface area contributed by atoms with Crippen molar-refractivity contribution in [3.8, 4) is 12.1 Å². The summed E-state index contributed by atoms with van der Waals surface area (Å²) in [6, 6.07) is 2.95. The van der Waals surface area contributed by atoms with E-state index in [9.17, 15) is 9.59 Å². The minimum absolute atomic E-state index is 0.0741. The third-order valence-electron chi connectivity index (χ3n) is 4.10. The van der Waals surface area contributed by atoms with Crippen LogP contribution in [0.4, 0.5) is 4.79 Å². The van der Waals surface area contributed by atoms with E-state index in [1.807, 2.05) is 26.0 Å². The van der Waals surface area contributed by atoms with E-state index in [4.69, 9.17) is 20.7 Å². The Morgan fingerprint density at radius 1 is 1.31 bits per heavy atom. The van der Waals surface area contributed by atoms with Gasteiger partial charge in [0, 0.05) is 17.5 Å². The number of fused-ring (bicyclic) bond motifs is 1. The molecule has 3 amide bonds. The Labute approximate surface area is 151 Å². The number of carbonyl (C=O) groups is 2. The summed E-state index contributed by atoms with van der Waals surface area (Å²) in [5.41, 5.74) is 8.93. The predicted octanol–water partition coefficient (Wildman–Crippen LogP) is 1.42. The topological polar surface area (TPSA) is 149 Å². The van der Waals surface area contributed by atoms with Gasteiger partial charge in [-0.2, -0.15) is 15.6 Å². The Morgan fingerprint density at radius 3 is 2.46 bits per heavy atom. The van der Waals surface area contributed by atoms with Crippen molar-refractivity contribution in [3.63, 3.8) is 0 Å². The summed E-state index contributed by atoms with van der Waals surface area (Å²) in [6.45, 7) is 5.32. The maximum absolute atomic E-state index is 12.7. The SMILES string of the molecule is Cc1c(C(=O)N(CC#N)CC#N)oc2c1/C(=N\NC(N)=O)CC(C)(C)C2. The number of furan rings is 1. The molecule has 1 aliphatic carbocycles. The Balaban J connectivity index is 2.50. The average Bonchev–Trinajstić information content (AvgIpc) is 2.87. The number of nitriles is 2. The standard InChI is InChI=1S/C17H20N6O3/c1-10-13-11(21-22-16(20)25)8-17(2,3)9-12(13)26-14(10)15(24)23(6-4-18)7-5-19/h6-9H2,1-3H3,(H3,20,22,25)/b21-11-. The number of hydrazone groups is 1. The quantitative estimate of drug-likeness (QED) is 0.618. The number of nitrogens with one attached hydrogen (secondary N) is 1. The van der Waals surface area contributed by atoms with Crippen molar-refractivity contribution in [2.24, 2.45) is 16.3 Å². The highest BCUT2D eigenvalue weighted by Crippen LogP contribution is 2.39. The van der Waals surface area contributed by atoms with Crippen molar-refractivity contribution in [2.75, 3.05) is 13.1 Å². The molecule has 0 fully saturated rings. The Hall–Kier alpha value is -3.33. The smallest absolute Gasteiger partial charge is 0.332 e. The van der Waals surface area contributed by atoms with Crippen LogP contribution in [0, 0.1) is 35.0 Å². The first kappa shape index (κ1) is 19.0. The molecule has 3 N–H and O–H groups in total. The number of urea groups is 1. The van der Waals surface area contributed by atoms with Crippen LogP contribution in [-0.2, 0) is 6.42 Å². The van der Waals surface area contributed by atoms with Gasteiger partial charge in [-0.05, 0) is 18.8 Å². The van der Waals surface area contributed by atoms with E-state index in [2.05, 4.69) is 10.5 Å². The molecule has 9 nitrogen and oxygen atoms in total. The molecule has 136 valence electrons. The zero-order valence-electron chi connectivity index (χ0n) is 14.9. The molecule has 0 spiro atoms. The third-order valence-corrected chi connectivity index (χ3v) is 4.10. The number of rotatable bonds is 4. The summed E-state index contributed by atoms with van der Waals surface area (Å²) >= 11 is 0. The second kappa shape index (κ2) is 7.28. The molecule has 1 aliphatic rings. The molecule has 1 aromatic heterocycles. The first-order valence-electron chi connectivity index (χ1n) is 7.98. The van der Waals surface area contributed by atoms with Crippen LogP contribution in [-0.4, -0.2) is 35.6 Å². The molecule has 1 heterocycles. The first-order chi connectivity index (χ1) is 12.2. The Kier molecular flexibility index (Phi) is 5.32. The van der Waals surface area contributed by atoms with Gasteiger partial charge in [-0.1, -0.05) is 13.8 Å². The van der Waals surface area contributed by atoms with E-state index in [0.29, 0.717) is 35.4 Å². The van der Waals surface area contributed by atoms with Gasteiger partial charge >= 0.3 is 6.03 Å². The van der Waals surface area contributed by atoms with Crippen LogP contribution in [0.25, 0.3) is 0 Å². The van der Waals surface area contributed by atoms with Crippen LogP contribution in [0.1, 0.15) is 47.7 Å². The summed E-state index contributed by atoms with van der Waals surface area (Å²) in [5, 5.41) is 21.8. The molecule has 0 aliphatic heterocycles. The van der Waals surface area contributed by atoms with Crippen molar-refractivity contribution < 1.29 is 14.0 Å². The van der Waals surface area contributed by atoms with Crippen LogP contribution in [0.2, 0.25) is 0 Å². The minimum atomic E-state index is -0.783. The van der Waals surface area contributed by atoms with Crippen molar-refractivity contribution >= 4 is 17.6 Å². The molecule has 0 saturated heterocycles. The minimum Gasteiger partial charge on any atom is -0.455 e. The number of hydrogen-bond donors (Lipinski definition) is 2. The average molecular weight is 356 g/mol. The summed E-state index contributed by atoms with van der Waals surface area (Å²) < 4.78 is 5.81. The highest BCUT2D eigenvalue weighted by molar-refractivity contribution is 6.07. The van der Waals surface area contributed by atoms with Crippen LogP contribution in [0.15, 0.2) is 9.52 Å². The fraction of sp³-hybridized carbons (Fsp3) is 0.471. The van der Waals surface area contributed by atoms with Gasteiger partial charge in [0.1, 0.15) is 18.8 Å². The molecule has 0 atom stereocenters. The Bertz CT molecular complexity index is 837. The van der Waals surface area contributed by atoms with Crippen LogP contribution in [0.5, 0.6) is 0 Å². The van der Waals surface area contributed by atoms with E-state index in [1.165, 1.54) is 0 Å². The van der Waals surface area contributed by atoms with Crippen LogP contribution in [0.3, 0.4) is 0 Å². The molecular weight excluding hydrogens is 336 g/mol. The molecule has 2 rings (SSSR count). The maximum atomic E-state index is 12.7. The molecule has 0 unspecified atom stereocenters. The highest BCUT2D eigenvalue weighted by Gasteiger charge is 2.37. The third kappa shape index (κ3) is 3.83. The molecular formula is C17H20N6O3. The van der Waals surface area contributed by atoms with E-state index < -0.39 is 11.9 Å². The number of hydrogen-bond acceptors (Lipinski definition) is 6. The van der Waals surface area contributed by atoms with Crippen LogP contribution >= 0.6 is 0 Å². The van der Waals surface area contributed by atoms with Gasteiger partial charge in [0.15, 0.2) is 5.76 Å². The van der Waals surface area contributed by atoms with Crippen molar-refractivity contribution in [1.82, 2.24) is 10.3 Å². The molecule has 0 bridgehead atoms. The first-order valence-corrected chi connectivity index (χ1v) is 7.98. The van der Waals surface area contributed by atoms with Gasteiger partial charge < -0.3 is 15.1 Å². The number of primary amides is 1. The van der Waals surface area contributed by atoms with Gasteiger partial charge in [-0.15, -0.1) is 0 Å². The van der Waals surface area contributed by atoms with Gasteiger partial charge in [0.05, 0.1) is 17.9 Å². The monoisotopic (exact) mass is 356 g/mol. The molecule has 9 heteroatoms. The lowest BCUT2D eigenvalue weighted by Crippen LogP contribution is -2.32. The van der Waals surface area contributed by atoms with E-state index in [-0.39, 0.29) is 24.3 Å². The van der Waals surface area contributed by atoms with E-state index in [0.717, 1.165) is 4.90 Å². The van der Waals surface area contributed by atoms with Crippen molar-refractivity contribution in [3.05, 3.63) is 22.6 Å². The fourth-order valence-electron chi connectivity index (χ4n) is 3.05. The molecule has 0 radical (unpaired) electrons. The molecule has 0 saturated carbocycles. The molecule has 0 aromatic carbocycles. The van der Waals surface area contributed by atoms with Gasteiger partial charge in [0.2, 0.25) is 0 Å². The largest absolute Gasteiger partial charge is 0.455 e. The molecule has 1 aromatic rings. The van der Waals surface area contributed by atoms with Crippen LogP contribution < -0.4 is 11.2 Å². The second-order valence-corrected chi connectivity index (χ2v) is 6.88. The summed E-state index contributed by atoms with van der Waals surface area (Å²) in [6.07, 6.45) is 1.15. The number of nitrogens with zero attached hydrogens (tertiary/aromatic N) is 4. The molecule has 26 heavy (non-hydrogen) atoms. The second-order valence-electron chi connectivity index (χ2n) is 6.88. The lowest BCUT2D eigenvalue weighted by atomic mass is 9.75. The summed E-state index contributed by atoms with van der Waals surface area (Å²) in [5.74, 6) is 0.131. The zero-order valence-corrected chi connectivity index (χ0v) is 14.9. The maximum Gasteiger partial charge on any atom is 0.332 e. The zero-order chi connectivity index (χ0) is 19.5. The number of carbonyl (C=O) groups excluding carboxylic acids is 2. The Morgan fingerprint density at radius 2 is 1.92 bits per heavy atom. The lowest BCUT2D eigenvalue weighted by Gasteiger charge is -2.29.